The zero-order valence-corrected chi connectivity index (χ0v) is 21.8. The van der Waals surface area contributed by atoms with E-state index in [4.69, 9.17) is 23.2 Å². The van der Waals surface area contributed by atoms with E-state index in [0.29, 0.717) is 24.3 Å². The molecule has 0 aromatic heterocycles. The minimum atomic E-state index is -1.55. The first-order valence-corrected chi connectivity index (χ1v) is 11.8. The number of aliphatic carboxylic acids is 4. The Labute approximate surface area is 229 Å². The highest BCUT2D eigenvalue weighted by atomic mass is 35.5. The van der Waals surface area contributed by atoms with E-state index in [0.717, 1.165) is 41.8 Å². The van der Waals surface area contributed by atoms with Crippen LogP contribution in [0.4, 0.5) is 0 Å². The fraction of sp³-hybridized carbons (Fsp3) is 0.231. The van der Waals surface area contributed by atoms with Gasteiger partial charge in [-0.2, -0.15) is 0 Å². The zero-order valence-electron chi connectivity index (χ0n) is 20.3. The fourth-order valence-corrected chi connectivity index (χ4v) is 3.75. The van der Waals surface area contributed by atoms with E-state index in [1.165, 1.54) is 5.56 Å². The van der Waals surface area contributed by atoms with Gasteiger partial charge in [0.15, 0.2) is 0 Å². The van der Waals surface area contributed by atoms with Crippen LogP contribution >= 0.6 is 23.2 Å². The Balaban J connectivity index is 0.000000374. The fourth-order valence-electron chi connectivity index (χ4n) is 3.31. The molecule has 1 aliphatic heterocycles. The highest BCUT2D eigenvalue weighted by molar-refractivity contribution is 6.31. The lowest BCUT2D eigenvalue weighted by atomic mass is 9.96. The summed E-state index contributed by atoms with van der Waals surface area (Å²) in [5.74, 6) is -6.19. The molecule has 0 bridgehead atoms. The van der Waals surface area contributed by atoms with Gasteiger partial charge in [0.25, 0.3) is 0 Å². The van der Waals surface area contributed by atoms with Crippen LogP contribution in [0.25, 0.3) is 0 Å². The summed E-state index contributed by atoms with van der Waals surface area (Å²) in [5.41, 5.74) is 2.35. The van der Waals surface area contributed by atoms with Gasteiger partial charge in [-0.15, -0.1) is 0 Å². The van der Waals surface area contributed by atoms with Gasteiger partial charge >= 0.3 is 0 Å². The van der Waals surface area contributed by atoms with Gasteiger partial charge in [-0.1, -0.05) is 53.5 Å². The van der Waals surface area contributed by atoms with Gasteiger partial charge in [-0.25, -0.2) is 0 Å². The maximum Gasteiger partial charge on any atom is 0.0643 e. The van der Waals surface area contributed by atoms with E-state index in [2.05, 4.69) is 35.0 Å². The summed E-state index contributed by atoms with van der Waals surface area (Å²) in [5, 5.41) is 39.2. The van der Waals surface area contributed by atoms with Gasteiger partial charge in [-0.3, -0.25) is 4.90 Å². The van der Waals surface area contributed by atoms with Gasteiger partial charge in [0, 0.05) is 36.2 Å². The molecule has 1 saturated heterocycles. The zero-order chi connectivity index (χ0) is 28.7. The number of carboxylic acid groups (broad SMARTS) is 4. The molecule has 1 heterocycles. The van der Waals surface area contributed by atoms with E-state index < -0.39 is 23.9 Å². The molecule has 0 N–H and O–H groups in total. The first kappa shape index (κ1) is 32.3. The summed E-state index contributed by atoms with van der Waals surface area (Å²) < 4.78 is 0. The number of carbonyl (C=O) groups is 4. The number of benzene rings is 2. The Kier molecular flexibility index (Phi) is 14.4. The van der Waals surface area contributed by atoms with Gasteiger partial charge < -0.3 is 44.5 Å². The van der Waals surface area contributed by atoms with Crippen molar-refractivity contribution < 1.29 is 39.6 Å². The average molecular weight is 563 g/mol. The molecule has 38 heavy (non-hydrogen) atoms. The lowest BCUT2D eigenvalue weighted by Gasteiger charge is -2.38. The van der Waals surface area contributed by atoms with E-state index in [-0.39, 0.29) is 6.04 Å². The van der Waals surface area contributed by atoms with Crippen LogP contribution in [-0.4, -0.2) is 66.9 Å². The Hall–Kier alpha value is -3.70. The summed E-state index contributed by atoms with van der Waals surface area (Å²) >= 11 is 12.7. The van der Waals surface area contributed by atoms with Gasteiger partial charge in [0.1, 0.15) is 0 Å². The molecule has 1 fully saturated rings. The quantitative estimate of drug-likeness (QED) is 0.359. The summed E-state index contributed by atoms with van der Waals surface area (Å²) in [6, 6.07) is 16.4. The minimum Gasteiger partial charge on any atom is -0.545 e. The smallest absolute Gasteiger partial charge is 0.0643 e. The van der Waals surface area contributed by atoms with Crippen molar-refractivity contribution in [1.29, 1.82) is 0 Å². The Morgan fingerprint density at radius 3 is 1.63 bits per heavy atom. The molecule has 1 unspecified atom stereocenters. The number of piperazine rings is 1. The molecule has 12 heteroatoms. The first-order chi connectivity index (χ1) is 17.9. The van der Waals surface area contributed by atoms with Crippen molar-refractivity contribution in [3.05, 3.63) is 94.0 Å². The highest BCUT2D eigenvalue weighted by Gasteiger charge is 2.26. The van der Waals surface area contributed by atoms with Gasteiger partial charge in [0.2, 0.25) is 0 Å². The molecule has 204 valence electrons. The summed E-state index contributed by atoms with van der Waals surface area (Å²) in [6.45, 7) is 4.20. The number of hydrogen-bond acceptors (Lipinski definition) is 10. The van der Waals surface area contributed by atoms with Crippen LogP contribution in [0.3, 0.4) is 0 Å². The molecule has 2 aromatic rings. The maximum atomic E-state index is 9.41. The molecule has 0 saturated carbocycles. The van der Waals surface area contributed by atoms with Crippen molar-refractivity contribution in [2.75, 3.05) is 33.2 Å². The number of nitrogens with zero attached hydrogens (tertiary/aromatic N) is 2. The molecule has 2 aromatic carbocycles. The standard InChI is InChI=1S/C18H20Cl2N2.2C4H4O4/c1-21-9-11-22(12-10-21)18(14-5-4-6-15(19)13-14)16-7-2-3-8-17(16)20;2*5-3(6)1-2-4(7)8/h2-8,13,18H,9-12H2,1H3;2*1-2H,(H,5,6)(H,7,8)/p-4/b;2*2-1-. The van der Waals surface area contributed by atoms with Crippen molar-refractivity contribution >= 4 is 47.1 Å². The van der Waals surface area contributed by atoms with Crippen molar-refractivity contribution in [3.63, 3.8) is 0 Å². The van der Waals surface area contributed by atoms with Gasteiger partial charge in [0.05, 0.1) is 29.9 Å². The molecule has 0 amide bonds. The summed E-state index contributed by atoms with van der Waals surface area (Å²) in [7, 11) is 2.17. The topological polar surface area (TPSA) is 167 Å². The second kappa shape index (κ2) is 16.9. The number of carboxylic acids is 4. The summed E-state index contributed by atoms with van der Waals surface area (Å²) in [6.07, 6.45) is 1.54. The number of halogens is 2. The van der Waals surface area contributed by atoms with Crippen LogP contribution in [0.1, 0.15) is 17.2 Å². The number of rotatable bonds is 7. The molecule has 0 radical (unpaired) electrons. The third-order valence-electron chi connectivity index (χ3n) is 4.98. The molecular formula is C26H24Cl2N2O8-4. The molecule has 1 aliphatic rings. The molecule has 10 nitrogen and oxygen atoms in total. The maximum absolute atomic E-state index is 9.41. The van der Waals surface area contributed by atoms with E-state index in [9.17, 15) is 39.6 Å². The SMILES string of the molecule is CN1CCN(C(c2cccc(Cl)c2)c2ccccc2Cl)CC1.O=C([O-])/C=C\C(=O)[O-].O=C([O-])/C=C\C(=O)[O-]. The van der Waals surface area contributed by atoms with E-state index in [1.807, 2.05) is 30.3 Å². The largest absolute Gasteiger partial charge is 0.545 e. The van der Waals surface area contributed by atoms with E-state index >= 15 is 0 Å². The van der Waals surface area contributed by atoms with Crippen molar-refractivity contribution in [1.82, 2.24) is 9.80 Å². The van der Waals surface area contributed by atoms with E-state index in [1.54, 1.807) is 0 Å². The highest BCUT2D eigenvalue weighted by Crippen LogP contribution is 2.34. The summed E-state index contributed by atoms with van der Waals surface area (Å²) in [4.78, 5) is 42.5. The second-order valence-corrected chi connectivity index (χ2v) is 8.60. The van der Waals surface area contributed by atoms with Crippen LogP contribution in [-0.2, 0) is 19.2 Å². The minimum absolute atomic E-state index is 0.154. The lowest BCUT2D eigenvalue weighted by Crippen LogP contribution is -2.46. The van der Waals surface area contributed by atoms with Crippen molar-refractivity contribution in [2.45, 2.75) is 6.04 Å². The molecule has 1 atom stereocenters. The van der Waals surface area contributed by atoms with Crippen molar-refractivity contribution in [3.8, 4) is 0 Å². The number of likely N-dealkylation sites (N-methyl/N-ethyl adjacent to an activating group) is 1. The second-order valence-electron chi connectivity index (χ2n) is 7.76. The van der Waals surface area contributed by atoms with Crippen LogP contribution in [0.2, 0.25) is 10.0 Å². The molecule has 0 spiro atoms. The third-order valence-corrected chi connectivity index (χ3v) is 5.56. The van der Waals surface area contributed by atoms with Crippen LogP contribution < -0.4 is 20.4 Å². The molecule has 3 rings (SSSR count). The molecular weight excluding hydrogens is 539 g/mol. The average Bonchev–Trinajstić information content (AvgIpc) is 2.85. The monoisotopic (exact) mass is 562 g/mol. The van der Waals surface area contributed by atoms with Crippen LogP contribution in [0.5, 0.6) is 0 Å². The Morgan fingerprint density at radius 1 is 0.737 bits per heavy atom. The predicted molar refractivity (Wildman–Crippen MR) is 132 cm³/mol. The predicted octanol–water partition coefficient (Wildman–Crippen LogP) is -1.58. The molecule has 0 aliphatic carbocycles. The lowest BCUT2D eigenvalue weighted by molar-refractivity contribution is -0.301. The Bertz CT molecular complexity index is 1100. The Morgan fingerprint density at radius 2 is 1.21 bits per heavy atom. The number of hydrogen-bond donors (Lipinski definition) is 0. The first-order valence-electron chi connectivity index (χ1n) is 11.0. The third kappa shape index (κ3) is 13.0. The van der Waals surface area contributed by atoms with Crippen LogP contribution in [0, 0.1) is 0 Å². The van der Waals surface area contributed by atoms with Crippen molar-refractivity contribution in [2.24, 2.45) is 0 Å². The van der Waals surface area contributed by atoms with Gasteiger partial charge in [-0.05, 0) is 60.7 Å². The number of carbonyl (C=O) groups excluding carboxylic acids is 4. The van der Waals surface area contributed by atoms with Crippen LogP contribution in [0.15, 0.2) is 72.8 Å². The normalized spacial score (nSPS) is 14.6.